The monoisotopic (exact) mass is 375 g/mol. The third-order valence-corrected chi connectivity index (χ3v) is 4.48. The number of likely N-dealkylation sites (N-methyl/N-ethyl adjacent to an activating group) is 1. The number of aliphatic hydroxyl groups is 1. The second-order valence-electron chi connectivity index (χ2n) is 6.12. The molecule has 3 N–H and O–H groups in total. The van der Waals surface area contributed by atoms with E-state index in [1.807, 2.05) is 6.07 Å². The van der Waals surface area contributed by atoms with E-state index in [1.165, 1.54) is 36.2 Å². The van der Waals surface area contributed by atoms with Crippen LogP contribution in [0.5, 0.6) is 5.75 Å². The average molecular weight is 375 g/mol. The molecule has 1 atom stereocenters. The molecule has 8 heteroatoms. The van der Waals surface area contributed by atoms with Gasteiger partial charge >= 0.3 is 6.61 Å². The summed E-state index contributed by atoms with van der Waals surface area (Å²) < 4.78 is 29.2. The highest BCUT2D eigenvalue weighted by atomic mass is 19.3. The number of alkyl halides is 2. The van der Waals surface area contributed by atoms with Crippen molar-refractivity contribution < 1.29 is 23.4 Å². The van der Waals surface area contributed by atoms with Crippen molar-refractivity contribution in [1.82, 2.24) is 4.90 Å². The summed E-state index contributed by atoms with van der Waals surface area (Å²) in [5.41, 5.74) is 6.37. The van der Waals surface area contributed by atoms with E-state index >= 15 is 0 Å². The molecule has 0 bridgehead atoms. The number of halogens is 2. The number of guanidine groups is 1. The smallest absolute Gasteiger partial charge is 0.387 e. The fraction of sp³-hybridized carbons (Fsp3) is 0.263. The van der Waals surface area contributed by atoms with Crippen molar-refractivity contribution >= 4 is 11.9 Å². The molecule has 3 rings (SSSR count). The van der Waals surface area contributed by atoms with Gasteiger partial charge in [-0.3, -0.25) is 9.69 Å². The normalized spacial score (nSPS) is 19.5. The van der Waals surface area contributed by atoms with Gasteiger partial charge in [-0.15, -0.1) is 0 Å². The zero-order chi connectivity index (χ0) is 19.6. The van der Waals surface area contributed by atoms with Gasteiger partial charge < -0.3 is 15.6 Å². The molecule has 0 aliphatic carbocycles. The van der Waals surface area contributed by atoms with Gasteiger partial charge in [0, 0.05) is 13.7 Å². The molecule has 6 nitrogen and oxygen atoms in total. The summed E-state index contributed by atoms with van der Waals surface area (Å²) in [7, 11) is 1.52. The Morgan fingerprint density at radius 2 is 1.93 bits per heavy atom. The van der Waals surface area contributed by atoms with E-state index < -0.39 is 12.2 Å². The molecule has 0 fully saturated rings. The van der Waals surface area contributed by atoms with Crippen LogP contribution < -0.4 is 10.5 Å². The molecule has 142 valence electrons. The molecule has 1 aliphatic rings. The minimum atomic E-state index is -2.94. The molecular weight excluding hydrogens is 356 g/mol. The van der Waals surface area contributed by atoms with Gasteiger partial charge in [-0.2, -0.15) is 8.78 Å². The first-order valence-corrected chi connectivity index (χ1v) is 8.27. The van der Waals surface area contributed by atoms with Gasteiger partial charge in [0.25, 0.3) is 5.91 Å². The minimum Gasteiger partial charge on any atom is -0.435 e. The van der Waals surface area contributed by atoms with Crippen LogP contribution in [-0.4, -0.2) is 42.1 Å². The largest absolute Gasteiger partial charge is 0.435 e. The number of carbonyl (C=O) groups is 1. The van der Waals surface area contributed by atoms with Crippen LogP contribution in [0.3, 0.4) is 0 Å². The SMILES string of the molecule is CN1C(=O)C(c2ccc(OC(F)F)cc2)(c2cccc(CCO)c2)N=C1N. The molecule has 27 heavy (non-hydrogen) atoms. The zero-order valence-corrected chi connectivity index (χ0v) is 14.6. The molecule has 0 radical (unpaired) electrons. The van der Waals surface area contributed by atoms with Gasteiger partial charge in [-0.05, 0) is 35.2 Å². The highest BCUT2D eigenvalue weighted by molar-refractivity contribution is 6.08. The van der Waals surface area contributed by atoms with Crippen LogP contribution in [0, 0.1) is 0 Å². The van der Waals surface area contributed by atoms with Crippen LogP contribution in [0.2, 0.25) is 0 Å². The summed E-state index contributed by atoms with van der Waals surface area (Å²) in [6, 6.07) is 12.9. The predicted molar refractivity (Wildman–Crippen MR) is 95.5 cm³/mol. The van der Waals surface area contributed by atoms with Gasteiger partial charge in [-0.25, -0.2) is 4.99 Å². The van der Waals surface area contributed by atoms with Crippen LogP contribution in [0.25, 0.3) is 0 Å². The van der Waals surface area contributed by atoms with E-state index in [0.29, 0.717) is 17.5 Å². The Bertz CT molecular complexity index is 871. The zero-order valence-electron chi connectivity index (χ0n) is 14.6. The molecule has 0 saturated carbocycles. The third-order valence-electron chi connectivity index (χ3n) is 4.48. The van der Waals surface area contributed by atoms with Crippen molar-refractivity contribution in [3.05, 3.63) is 65.2 Å². The summed E-state index contributed by atoms with van der Waals surface area (Å²) in [4.78, 5) is 18.8. The number of hydrogen-bond acceptors (Lipinski definition) is 5. The maximum absolute atomic E-state index is 13.1. The summed E-state index contributed by atoms with van der Waals surface area (Å²) in [6.07, 6.45) is 0.425. The molecule has 2 aromatic carbocycles. The van der Waals surface area contributed by atoms with E-state index in [2.05, 4.69) is 9.73 Å². The van der Waals surface area contributed by atoms with Crippen LogP contribution >= 0.6 is 0 Å². The maximum atomic E-state index is 13.1. The lowest BCUT2D eigenvalue weighted by Gasteiger charge is -2.26. The molecule has 0 aromatic heterocycles. The second-order valence-corrected chi connectivity index (χ2v) is 6.12. The van der Waals surface area contributed by atoms with Gasteiger partial charge in [0.2, 0.25) is 0 Å². The highest BCUT2D eigenvalue weighted by Gasteiger charge is 2.49. The summed E-state index contributed by atoms with van der Waals surface area (Å²) in [5, 5.41) is 9.20. The van der Waals surface area contributed by atoms with Crippen LogP contribution in [0.15, 0.2) is 53.5 Å². The van der Waals surface area contributed by atoms with Crippen LogP contribution in [-0.2, 0) is 16.8 Å². The lowest BCUT2D eigenvalue weighted by atomic mass is 9.82. The van der Waals surface area contributed by atoms with Crippen molar-refractivity contribution in [2.75, 3.05) is 13.7 Å². The second kappa shape index (κ2) is 7.32. The summed E-state index contributed by atoms with van der Waals surface area (Å²) in [6.45, 7) is -2.97. The Labute approximate surface area is 154 Å². The molecule has 1 amide bonds. The highest BCUT2D eigenvalue weighted by Crippen LogP contribution is 2.40. The van der Waals surface area contributed by atoms with Crippen molar-refractivity contribution in [2.24, 2.45) is 10.7 Å². The number of ether oxygens (including phenoxy) is 1. The van der Waals surface area contributed by atoms with Gasteiger partial charge in [0.05, 0.1) is 0 Å². The van der Waals surface area contributed by atoms with E-state index in [1.54, 1.807) is 18.2 Å². The first-order valence-electron chi connectivity index (χ1n) is 8.27. The molecule has 1 aliphatic heterocycles. The quantitative estimate of drug-likeness (QED) is 0.807. The molecule has 0 saturated heterocycles. The topological polar surface area (TPSA) is 88.2 Å². The molecule has 1 unspecified atom stereocenters. The number of rotatable bonds is 6. The van der Waals surface area contributed by atoms with E-state index in [4.69, 9.17) is 5.73 Å². The number of benzene rings is 2. The number of carbonyl (C=O) groups excluding carboxylic acids is 1. The first kappa shape index (κ1) is 18.8. The van der Waals surface area contributed by atoms with Crippen molar-refractivity contribution in [2.45, 2.75) is 18.6 Å². The number of nitrogens with zero attached hydrogens (tertiary/aromatic N) is 2. The van der Waals surface area contributed by atoms with Crippen LogP contribution in [0.1, 0.15) is 16.7 Å². The third kappa shape index (κ3) is 3.35. The Hall–Kier alpha value is -3.00. The fourth-order valence-corrected chi connectivity index (χ4v) is 3.14. The molecule has 1 heterocycles. The Morgan fingerprint density at radius 3 is 2.48 bits per heavy atom. The Balaban J connectivity index is 2.13. The van der Waals surface area contributed by atoms with Gasteiger partial charge in [0.15, 0.2) is 11.5 Å². The Morgan fingerprint density at radius 1 is 1.22 bits per heavy atom. The number of hydrogen-bond donors (Lipinski definition) is 2. The lowest BCUT2D eigenvalue weighted by molar-refractivity contribution is -0.129. The number of amides is 1. The molecular formula is C19H19F2N3O3. The van der Waals surface area contributed by atoms with E-state index in [0.717, 1.165) is 5.56 Å². The molecule has 0 spiro atoms. The predicted octanol–water partition coefficient (Wildman–Crippen LogP) is 1.85. The summed E-state index contributed by atoms with van der Waals surface area (Å²) in [5.74, 6) is -0.321. The van der Waals surface area contributed by atoms with Gasteiger partial charge in [-0.1, -0.05) is 36.4 Å². The first-order chi connectivity index (χ1) is 12.9. The number of aliphatic imine (C=N–C) groups is 1. The fourth-order valence-electron chi connectivity index (χ4n) is 3.14. The Kier molecular flexibility index (Phi) is 5.09. The van der Waals surface area contributed by atoms with E-state index in [-0.39, 0.29) is 24.2 Å². The van der Waals surface area contributed by atoms with Crippen LogP contribution in [0.4, 0.5) is 8.78 Å². The number of nitrogens with two attached hydrogens (primary N) is 1. The van der Waals surface area contributed by atoms with Gasteiger partial charge in [0.1, 0.15) is 5.75 Å². The van der Waals surface area contributed by atoms with Crippen molar-refractivity contribution in [3.63, 3.8) is 0 Å². The van der Waals surface area contributed by atoms with Crippen molar-refractivity contribution in [3.8, 4) is 5.75 Å². The van der Waals surface area contributed by atoms with Crippen molar-refractivity contribution in [1.29, 1.82) is 0 Å². The molecule has 2 aromatic rings. The average Bonchev–Trinajstić information content (AvgIpc) is 2.87. The van der Waals surface area contributed by atoms with E-state index in [9.17, 15) is 18.7 Å². The summed E-state index contributed by atoms with van der Waals surface area (Å²) >= 11 is 0. The lowest BCUT2D eigenvalue weighted by Crippen LogP contribution is -2.41. The standard InChI is InChI=1S/C19H19F2N3O3/c1-24-16(26)19(23-18(24)22,14-4-2-3-12(11-14)9-10-25)13-5-7-15(8-6-13)27-17(20)21/h2-8,11,17,25H,9-10H2,1H3,(H2,22,23). The minimum absolute atomic E-state index is 0.0197. The maximum Gasteiger partial charge on any atom is 0.387 e. The number of aliphatic hydroxyl groups excluding tert-OH is 1.